The Hall–Kier alpha value is -0.0500. The lowest BCUT2D eigenvalue weighted by atomic mass is 9.82. The summed E-state index contributed by atoms with van der Waals surface area (Å²) in [5, 5.41) is 4.53. The van der Waals surface area contributed by atoms with Crippen molar-refractivity contribution in [1.82, 2.24) is 5.32 Å². The Morgan fingerprint density at radius 3 is 2.80 bits per heavy atom. The largest absolute Gasteiger partial charge is 0.310 e. The van der Waals surface area contributed by atoms with Gasteiger partial charge in [0, 0.05) is 15.5 Å². The fourth-order valence-corrected chi connectivity index (χ4v) is 5.12. The van der Waals surface area contributed by atoms with Crippen LogP contribution in [0.1, 0.15) is 50.6 Å². The van der Waals surface area contributed by atoms with Crippen molar-refractivity contribution in [3.63, 3.8) is 0 Å². The van der Waals surface area contributed by atoms with Gasteiger partial charge in [-0.1, -0.05) is 46.9 Å². The normalized spacial score (nSPS) is 29.9. The van der Waals surface area contributed by atoms with Crippen LogP contribution in [0.5, 0.6) is 0 Å². The molecule has 2 bridgehead atoms. The van der Waals surface area contributed by atoms with Gasteiger partial charge in [0.1, 0.15) is 0 Å². The van der Waals surface area contributed by atoms with Crippen LogP contribution < -0.4 is 5.32 Å². The maximum Gasteiger partial charge on any atom is 0.0465 e. The van der Waals surface area contributed by atoms with Crippen LogP contribution in [0.25, 0.3) is 0 Å². The highest BCUT2D eigenvalue weighted by molar-refractivity contribution is 9.10. The summed E-state index contributed by atoms with van der Waals surface area (Å²) in [6, 6.07) is 6.70. The summed E-state index contributed by atoms with van der Waals surface area (Å²) >= 11 is 9.95. The van der Waals surface area contributed by atoms with E-state index in [1.54, 1.807) is 0 Å². The molecule has 0 spiro atoms. The predicted molar refractivity (Wildman–Crippen MR) is 89.1 cm³/mol. The molecule has 20 heavy (non-hydrogen) atoms. The zero-order chi connectivity index (χ0) is 14.1. The van der Waals surface area contributed by atoms with Crippen LogP contribution in [0, 0.1) is 17.8 Å². The molecule has 1 aromatic carbocycles. The minimum Gasteiger partial charge on any atom is -0.310 e. The maximum atomic E-state index is 6.45. The van der Waals surface area contributed by atoms with Gasteiger partial charge in [-0.25, -0.2) is 0 Å². The zero-order valence-electron chi connectivity index (χ0n) is 12.0. The predicted octanol–water partition coefficient (Wildman–Crippen LogP) is 5.58. The first-order valence-electron chi connectivity index (χ1n) is 7.85. The van der Waals surface area contributed by atoms with E-state index < -0.39 is 0 Å². The van der Waals surface area contributed by atoms with Gasteiger partial charge in [-0.2, -0.15) is 0 Å². The molecule has 3 rings (SSSR count). The minimum atomic E-state index is 0.407. The molecule has 0 aromatic heterocycles. The quantitative estimate of drug-likeness (QED) is 0.726. The van der Waals surface area contributed by atoms with E-state index in [2.05, 4.69) is 40.3 Å². The van der Waals surface area contributed by atoms with Gasteiger partial charge in [0.2, 0.25) is 0 Å². The third-order valence-electron chi connectivity index (χ3n) is 5.21. The highest BCUT2D eigenvalue weighted by atomic mass is 79.9. The molecule has 2 saturated carbocycles. The van der Waals surface area contributed by atoms with Crippen molar-refractivity contribution in [2.24, 2.45) is 17.8 Å². The summed E-state index contributed by atoms with van der Waals surface area (Å²) in [4.78, 5) is 0. The Morgan fingerprint density at radius 2 is 2.20 bits per heavy atom. The van der Waals surface area contributed by atoms with Gasteiger partial charge in [0.05, 0.1) is 0 Å². The molecule has 110 valence electrons. The van der Waals surface area contributed by atoms with Crippen LogP contribution in [0.3, 0.4) is 0 Å². The molecule has 2 aliphatic rings. The first-order chi connectivity index (χ1) is 9.67. The fraction of sp³-hybridized carbons (Fsp3) is 0.647. The van der Waals surface area contributed by atoms with E-state index in [1.807, 2.05) is 6.07 Å². The van der Waals surface area contributed by atoms with Crippen molar-refractivity contribution in [1.29, 1.82) is 0 Å². The SMILES string of the molecule is CCNC(CC1CC2CCC1C2)c1ccc(Br)cc1Cl. The van der Waals surface area contributed by atoms with E-state index in [0.29, 0.717) is 6.04 Å². The number of hydrogen-bond donors (Lipinski definition) is 1. The average Bonchev–Trinajstić information content (AvgIpc) is 3.00. The van der Waals surface area contributed by atoms with Gasteiger partial charge >= 0.3 is 0 Å². The van der Waals surface area contributed by atoms with Gasteiger partial charge in [-0.05, 0) is 67.7 Å². The van der Waals surface area contributed by atoms with Crippen molar-refractivity contribution in [3.8, 4) is 0 Å². The van der Waals surface area contributed by atoms with E-state index in [-0.39, 0.29) is 0 Å². The Labute approximate surface area is 135 Å². The molecule has 2 fully saturated rings. The average molecular weight is 357 g/mol. The van der Waals surface area contributed by atoms with Crippen molar-refractivity contribution in [2.45, 2.75) is 45.1 Å². The van der Waals surface area contributed by atoms with Gasteiger partial charge in [0.15, 0.2) is 0 Å². The van der Waals surface area contributed by atoms with E-state index in [9.17, 15) is 0 Å². The summed E-state index contributed by atoms with van der Waals surface area (Å²) in [7, 11) is 0. The number of nitrogens with one attached hydrogen (secondary N) is 1. The standard InChI is InChI=1S/C17H23BrClN/c1-2-20-17(15-6-5-14(18)10-16(15)19)9-13-8-11-3-4-12(13)7-11/h5-6,10-13,17,20H,2-4,7-9H2,1H3. The number of hydrogen-bond acceptors (Lipinski definition) is 1. The number of rotatable bonds is 5. The Kier molecular flexibility index (Phi) is 4.74. The fourth-order valence-electron chi connectivity index (χ4n) is 4.32. The van der Waals surface area contributed by atoms with Crippen LogP contribution in [0.4, 0.5) is 0 Å². The van der Waals surface area contributed by atoms with Crippen LogP contribution in [0.2, 0.25) is 5.02 Å². The van der Waals surface area contributed by atoms with Crippen molar-refractivity contribution in [2.75, 3.05) is 6.54 Å². The first-order valence-corrected chi connectivity index (χ1v) is 9.02. The molecule has 0 radical (unpaired) electrons. The third kappa shape index (κ3) is 3.08. The second kappa shape index (κ2) is 6.37. The first kappa shape index (κ1) is 14.9. The van der Waals surface area contributed by atoms with E-state index in [4.69, 9.17) is 11.6 Å². The lowest BCUT2D eigenvalue weighted by Crippen LogP contribution is -2.25. The van der Waals surface area contributed by atoms with Gasteiger partial charge < -0.3 is 5.32 Å². The lowest BCUT2D eigenvalue weighted by Gasteiger charge is -2.28. The van der Waals surface area contributed by atoms with Gasteiger partial charge in [-0.15, -0.1) is 0 Å². The zero-order valence-corrected chi connectivity index (χ0v) is 14.4. The smallest absolute Gasteiger partial charge is 0.0465 e. The summed E-state index contributed by atoms with van der Waals surface area (Å²) in [6.45, 7) is 3.18. The molecule has 4 unspecified atom stereocenters. The molecule has 0 aliphatic heterocycles. The molecule has 3 heteroatoms. The van der Waals surface area contributed by atoms with Crippen LogP contribution in [-0.2, 0) is 0 Å². The molecule has 1 aromatic rings. The maximum absolute atomic E-state index is 6.45. The van der Waals surface area contributed by atoms with Crippen LogP contribution in [0.15, 0.2) is 22.7 Å². The topological polar surface area (TPSA) is 12.0 Å². The summed E-state index contributed by atoms with van der Waals surface area (Å²) in [5.74, 6) is 2.90. The molecule has 4 atom stereocenters. The molecule has 0 amide bonds. The number of halogens is 2. The van der Waals surface area contributed by atoms with Crippen molar-refractivity contribution in [3.05, 3.63) is 33.3 Å². The second-order valence-corrected chi connectivity index (χ2v) is 7.77. The molecule has 1 nitrogen and oxygen atoms in total. The number of benzene rings is 1. The van der Waals surface area contributed by atoms with Gasteiger partial charge in [-0.3, -0.25) is 0 Å². The highest BCUT2D eigenvalue weighted by Gasteiger charge is 2.40. The van der Waals surface area contributed by atoms with E-state index in [0.717, 1.165) is 33.8 Å². The third-order valence-corrected chi connectivity index (χ3v) is 6.03. The summed E-state index contributed by atoms with van der Waals surface area (Å²) in [5.41, 5.74) is 1.26. The summed E-state index contributed by atoms with van der Waals surface area (Å²) < 4.78 is 1.06. The van der Waals surface area contributed by atoms with Crippen molar-refractivity contribution >= 4 is 27.5 Å². The number of fused-ring (bicyclic) bond motifs is 2. The van der Waals surface area contributed by atoms with Crippen LogP contribution in [-0.4, -0.2) is 6.54 Å². The van der Waals surface area contributed by atoms with E-state index in [1.165, 1.54) is 37.7 Å². The van der Waals surface area contributed by atoms with E-state index >= 15 is 0 Å². The Balaban J connectivity index is 1.75. The van der Waals surface area contributed by atoms with Crippen molar-refractivity contribution < 1.29 is 0 Å². The molecule has 1 N–H and O–H groups in total. The Morgan fingerprint density at radius 1 is 1.35 bits per heavy atom. The second-order valence-electron chi connectivity index (χ2n) is 6.45. The lowest BCUT2D eigenvalue weighted by molar-refractivity contribution is 0.280. The van der Waals surface area contributed by atoms with Crippen LogP contribution >= 0.6 is 27.5 Å². The Bertz CT molecular complexity index is 476. The molecular weight excluding hydrogens is 334 g/mol. The molecule has 0 saturated heterocycles. The monoisotopic (exact) mass is 355 g/mol. The van der Waals surface area contributed by atoms with Gasteiger partial charge in [0.25, 0.3) is 0 Å². The highest BCUT2D eigenvalue weighted by Crippen LogP contribution is 2.51. The molecular formula is C17H23BrClN. The minimum absolute atomic E-state index is 0.407. The molecule has 0 heterocycles. The summed E-state index contributed by atoms with van der Waals surface area (Å²) in [6.07, 6.45) is 7.11. The molecule has 2 aliphatic carbocycles.